The summed E-state index contributed by atoms with van der Waals surface area (Å²) in [6.07, 6.45) is 0. The van der Waals surface area contributed by atoms with Crippen molar-refractivity contribution < 1.29 is 17.2 Å². The van der Waals surface area contributed by atoms with Crippen molar-refractivity contribution in [3.63, 3.8) is 0 Å². The Morgan fingerprint density at radius 3 is 2.00 bits per heavy atom. The minimum absolute atomic E-state index is 0.360. The normalized spacial score (nSPS) is 15.1. The van der Waals surface area contributed by atoms with Gasteiger partial charge in [-0.1, -0.05) is 0 Å². The zero-order valence-electron chi connectivity index (χ0n) is 5.41. The zero-order valence-corrected chi connectivity index (χ0v) is 9.73. The van der Waals surface area contributed by atoms with E-state index in [0.29, 0.717) is 17.2 Å². The molecule has 0 aromatic rings. The number of hydrogen-bond acceptors (Lipinski definition) is 1. The van der Waals surface area contributed by atoms with E-state index in [1.807, 2.05) is 7.05 Å². The maximum atomic E-state index is 3.29. The standard InChI is InChI=1S/C5H12I2N/c1-4(2)5(7-6)8-3/h4-5,8H,1-3H3/q-1. The monoisotopic (exact) mass is 340 g/mol. The first-order valence-corrected chi connectivity index (χ1v) is 10.2. The third kappa shape index (κ3) is 3.45. The molecule has 0 heterocycles. The molecule has 1 nitrogen and oxygen atoms in total. The minimum atomic E-state index is 0.360. The predicted molar refractivity (Wildman–Crippen MR) is 41.7 cm³/mol. The number of alkyl halides is 1. The Morgan fingerprint density at radius 2 is 2.00 bits per heavy atom. The molecule has 3 heteroatoms. The molecule has 8 heavy (non-hydrogen) atoms. The molecule has 0 bridgehead atoms. The van der Waals surface area contributed by atoms with Gasteiger partial charge in [0.2, 0.25) is 0 Å². The van der Waals surface area contributed by atoms with Gasteiger partial charge in [0.25, 0.3) is 0 Å². The molecule has 1 unspecified atom stereocenters. The van der Waals surface area contributed by atoms with Crippen molar-refractivity contribution in [2.45, 2.75) is 17.9 Å². The van der Waals surface area contributed by atoms with Crippen LogP contribution in [0.4, 0.5) is 0 Å². The molecule has 0 rings (SSSR count). The Kier molecular flexibility index (Phi) is 6.15. The van der Waals surface area contributed by atoms with Gasteiger partial charge in [-0.15, -0.1) is 0 Å². The summed E-state index contributed by atoms with van der Waals surface area (Å²) in [6.45, 7) is 4.53. The molecule has 1 atom stereocenters. The molecule has 0 spiro atoms. The average molecular weight is 340 g/mol. The molecule has 0 aromatic carbocycles. The maximum absolute atomic E-state index is 3.29. The molecule has 1 N–H and O–H groups in total. The molecule has 0 radical (unpaired) electrons. The quantitative estimate of drug-likeness (QED) is 0.380. The van der Waals surface area contributed by atoms with Crippen molar-refractivity contribution in [3.8, 4) is 0 Å². The Bertz CT molecular complexity index is 52.4. The van der Waals surface area contributed by atoms with Crippen LogP contribution in [0.2, 0.25) is 0 Å². The van der Waals surface area contributed by atoms with Gasteiger partial charge in [-0.25, -0.2) is 0 Å². The summed E-state index contributed by atoms with van der Waals surface area (Å²) >= 11 is 2.87. The summed E-state index contributed by atoms with van der Waals surface area (Å²) in [4.78, 5) is 0. The van der Waals surface area contributed by atoms with Gasteiger partial charge in [0.1, 0.15) is 0 Å². The van der Waals surface area contributed by atoms with Crippen molar-refractivity contribution >= 4 is 18.6 Å². The fraction of sp³-hybridized carbons (Fsp3) is 1.00. The van der Waals surface area contributed by atoms with Crippen molar-refractivity contribution in [3.05, 3.63) is 0 Å². The van der Waals surface area contributed by atoms with Crippen molar-refractivity contribution in [2.24, 2.45) is 5.92 Å². The zero-order chi connectivity index (χ0) is 6.57. The van der Waals surface area contributed by atoms with E-state index in [1.165, 1.54) is 0 Å². The second kappa shape index (κ2) is 5.22. The van der Waals surface area contributed by atoms with Gasteiger partial charge in [0.15, 0.2) is 0 Å². The van der Waals surface area contributed by atoms with Gasteiger partial charge in [-0.3, -0.25) is 0 Å². The summed E-state index contributed by atoms with van der Waals surface area (Å²) in [5.41, 5.74) is 0. The van der Waals surface area contributed by atoms with Gasteiger partial charge in [0, 0.05) is 0 Å². The molecule has 0 aromatic heterocycles. The van der Waals surface area contributed by atoms with E-state index in [-0.39, 0.29) is 0 Å². The second-order valence-electron chi connectivity index (χ2n) is 2.02. The molecular formula is C5H12I2N-. The van der Waals surface area contributed by atoms with Gasteiger partial charge in [-0.2, -0.15) is 0 Å². The van der Waals surface area contributed by atoms with E-state index < -0.39 is 0 Å². The summed E-state index contributed by atoms with van der Waals surface area (Å²) in [7, 11) is 2.04. The van der Waals surface area contributed by atoms with Gasteiger partial charge in [-0.05, 0) is 0 Å². The molecule has 0 aliphatic heterocycles. The van der Waals surface area contributed by atoms with Crippen LogP contribution in [0.1, 0.15) is 13.8 Å². The third-order valence-electron chi connectivity index (χ3n) is 0.950. The first-order chi connectivity index (χ1) is 3.72. The van der Waals surface area contributed by atoms with E-state index in [0.717, 1.165) is 9.97 Å². The van der Waals surface area contributed by atoms with E-state index in [4.69, 9.17) is 0 Å². The Hall–Kier alpha value is 1.42. The first-order valence-electron chi connectivity index (χ1n) is 2.64. The van der Waals surface area contributed by atoms with Crippen LogP contribution in [0.15, 0.2) is 0 Å². The molecule has 0 saturated heterocycles. The van der Waals surface area contributed by atoms with Crippen LogP contribution in [-0.2, 0) is 0 Å². The molecule has 0 aliphatic rings. The SMILES string of the molecule is CNC([I-]I)C(C)C. The van der Waals surface area contributed by atoms with Crippen LogP contribution >= 0.6 is 18.6 Å². The van der Waals surface area contributed by atoms with Crippen LogP contribution in [0.5, 0.6) is 0 Å². The summed E-state index contributed by atoms with van der Waals surface area (Å²) in [6, 6.07) is 0. The Balaban J connectivity index is 3.35. The summed E-state index contributed by atoms with van der Waals surface area (Å²) in [5, 5.41) is 3.29. The van der Waals surface area contributed by atoms with Crippen LogP contribution in [0, 0.1) is 5.92 Å². The van der Waals surface area contributed by atoms with Crippen LogP contribution in [0.25, 0.3) is 0 Å². The number of nitrogens with one attached hydrogen (secondary N) is 1. The van der Waals surface area contributed by atoms with E-state index in [1.54, 1.807) is 0 Å². The van der Waals surface area contributed by atoms with Crippen LogP contribution in [-0.4, -0.2) is 11.1 Å². The number of rotatable bonds is 3. The van der Waals surface area contributed by atoms with Crippen molar-refractivity contribution in [1.29, 1.82) is 0 Å². The van der Waals surface area contributed by atoms with Crippen molar-refractivity contribution in [1.82, 2.24) is 5.32 Å². The van der Waals surface area contributed by atoms with Crippen LogP contribution < -0.4 is 22.5 Å². The molecule has 0 aliphatic carbocycles. The Labute approximate surface area is 71.4 Å². The third-order valence-corrected chi connectivity index (χ3v) is 6.92. The summed E-state index contributed by atoms with van der Waals surface area (Å²) in [5.74, 6) is 0.810. The first kappa shape index (κ1) is 9.42. The van der Waals surface area contributed by atoms with Crippen LogP contribution in [0.3, 0.4) is 0 Å². The number of halogens is 2. The number of hydrogen-bond donors (Lipinski definition) is 1. The fourth-order valence-corrected chi connectivity index (χ4v) is 6.47. The molecular weight excluding hydrogens is 328 g/mol. The summed E-state index contributed by atoms with van der Waals surface area (Å²) < 4.78 is 0.800. The van der Waals surface area contributed by atoms with E-state index in [2.05, 4.69) is 37.8 Å². The fourth-order valence-electron chi connectivity index (χ4n) is 0.470. The van der Waals surface area contributed by atoms with Crippen molar-refractivity contribution in [2.75, 3.05) is 7.05 Å². The van der Waals surface area contributed by atoms with Gasteiger partial charge >= 0.3 is 72.0 Å². The molecule has 0 amide bonds. The predicted octanol–water partition coefficient (Wildman–Crippen LogP) is -1.37. The van der Waals surface area contributed by atoms with E-state index in [9.17, 15) is 0 Å². The van der Waals surface area contributed by atoms with E-state index >= 15 is 0 Å². The average Bonchev–Trinajstić information content (AvgIpc) is 1.69. The van der Waals surface area contributed by atoms with Gasteiger partial charge in [0.05, 0.1) is 0 Å². The molecule has 0 fully saturated rings. The second-order valence-corrected chi connectivity index (χ2v) is 6.99. The molecule has 52 valence electrons. The van der Waals surface area contributed by atoms with Gasteiger partial charge < -0.3 is 0 Å². The molecule has 0 saturated carbocycles. The Morgan fingerprint density at radius 1 is 1.50 bits per heavy atom. The topological polar surface area (TPSA) is 12.0 Å².